The van der Waals surface area contributed by atoms with Crippen LogP contribution in [0.15, 0.2) is 0 Å². The second-order valence-electron chi connectivity index (χ2n) is 1.41. The van der Waals surface area contributed by atoms with Gasteiger partial charge in [0, 0.05) is 7.05 Å². The van der Waals surface area contributed by atoms with Crippen LogP contribution in [0.25, 0.3) is 0 Å². The molecular weight excluding hydrogens is 175 g/mol. The van der Waals surface area contributed by atoms with E-state index in [1.165, 1.54) is 0 Å². The summed E-state index contributed by atoms with van der Waals surface area (Å²) in [5.74, 6) is 0. The van der Waals surface area contributed by atoms with Crippen LogP contribution in [0, 0.1) is 0 Å². The van der Waals surface area contributed by atoms with Gasteiger partial charge in [-0.05, 0) is 0 Å². The molecular formula is C2H4F3NO3S. The Labute approximate surface area is 55.1 Å². The molecule has 0 atom stereocenters. The molecule has 0 bridgehead atoms. The fourth-order valence-electron chi connectivity index (χ4n) is 0.131. The molecule has 0 aliphatic carbocycles. The van der Waals surface area contributed by atoms with Gasteiger partial charge in [0.05, 0.1) is 0 Å². The molecule has 0 aromatic rings. The van der Waals surface area contributed by atoms with E-state index in [2.05, 4.69) is 0 Å². The Morgan fingerprint density at radius 2 is 1.70 bits per heavy atom. The van der Waals surface area contributed by atoms with Gasteiger partial charge in [-0.1, -0.05) is 4.31 Å². The van der Waals surface area contributed by atoms with E-state index in [4.69, 9.17) is 4.55 Å². The maximum absolute atomic E-state index is 11.3. The highest BCUT2D eigenvalue weighted by Gasteiger charge is 2.41. The van der Waals surface area contributed by atoms with Crippen molar-refractivity contribution in [3.63, 3.8) is 0 Å². The molecule has 0 radical (unpaired) electrons. The van der Waals surface area contributed by atoms with Crippen LogP contribution in [0.3, 0.4) is 0 Å². The van der Waals surface area contributed by atoms with E-state index in [9.17, 15) is 21.6 Å². The van der Waals surface area contributed by atoms with Crippen molar-refractivity contribution in [3.8, 4) is 0 Å². The van der Waals surface area contributed by atoms with E-state index in [0.717, 1.165) is 0 Å². The Morgan fingerprint density at radius 1 is 1.40 bits per heavy atom. The topological polar surface area (TPSA) is 57.6 Å². The lowest BCUT2D eigenvalue weighted by molar-refractivity contribution is -0.204. The number of rotatable bonds is 1. The summed E-state index contributed by atoms with van der Waals surface area (Å²) in [6.45, 7) is 0. The zero-order valence-corrected chi connectivity index (χ0v) is 5.57. The molecule has 0 saturated heterocycles. The summed E-state index contributed by atoms with van der Waals surface area (Å²) in [6, 6.07) is 0. The summed E-state index contributed by atoms with van der Waals surface area (Å²) in [5, 5.41) is 0. The van der Waals surface area contributed by atoms with E-state index in [-0.39, 0.29) is 7.05 Å². The molecule has 0 spiro atoms. The second kappa shape index (κ2) is 2.36. The van der Waals surface area contributed by atoms with Crippen molar-refractivity contribution in [1.29, 1.82) is 0 Å². The first-order valence-electron chi connectivity index (χ1n) is 1.94. The first-order valence-corrected chi connectivity index (χ1v) is 3.33. The average molecular weight is 179 g/mol. The molecule has 1 N–H and O–H groups in total. The van der Waals surface area contributed by atoms with E-state index in [1.807, 2.05) is 0 Å². The molecule has 0 heterocycles. The second-order valence-corrected chi connectivity index (χ2v) is 2.86. The van der Waals surface area contributed by atoms with Gasteiger partial charge in [0.25, 0.3) is 0 Å². The predicted molar refractivity (Wildman–Crippen MR) is 25.4 cm³/mol. The van der Waals surface area contributed by atoms with Crippen molar-refractivity contribution in [2.75, 3.05) is 7.05 Å². The fourth-order valence-corrected chi connectivity index (χ4v) is 0.392. The van der Waals surface area contributed by atoms with Crippen LogP contribution < -0.4 is 0 Å². The van der Waals surface area contributed by atoms with Crippen molar-refractivity contribution < 1.29 is 26.1 Å². The van der Waals surface area contributed by atoms with Crippen LogP contribution in [0.1, 0.15) is 0 Å². The third-order valence-corrected chi connectivity index (χ3v) is 1.60. The van der Waals surface area contributed by atoms with Crippen molar-refractivity contribution in [1.82, 2.24) is 4.31 Å². The Morgan fingerprint density at radius 3 is 1.70 bits per heavy atom. The Balaban J connectivity index is 4.56. The molecule has 0 fully saturated rings. The molecule has 0 aromatic carbocycles. The summed E-state index contributed by atoms with van der Waals surface area (Å²) >= 11 is 0. The molecule has 0 aromatic heterocycles. The van der Waals surface area contributed by atoms with Gasteiger partial charge in [-0.25, -0.2) is 0 Å². The molecule has 0 unspecified atom stereocenters. The Hall–Kier alpha value is -0.340. The first-order chi connectivity index (χ1) is 4.15. The summed E-state index contributed by atoms with van der Waals surface area (Å²) in [6.07, 6.45) is -5.06. The van der Waals surface area contributed by atoms with E-state index in [0.29, 0.717) is 0 Å². The molecule has 0 aliphatic rings. The summed E-state index contributed by atoms with van der Waals surface area (Å²) < 4.78 is 60.2. The van der Waals surface area contributed by atoms with Crippen LogP contribution in [0.2, 0.25) is 0 Å². The standard InChI is InChI=1S/C2H4F3NO3S/c1-6(2(3,4)5)10(7,8)9/h1H3,(H,7,8,9). The highest BCUT2D eigenvalue weighted by Crippen LogP contribution is 2.20. The Kier molecular flexibility index (Phi) is 2.28. The van der Waals surface area contributed by atoms with Crippen molar-refractivity contribution >= 4 is 10.3 Å². The highest BCUT2D eigenvalue weighted by molar-refractivity contribution is 7.83. The lowest BCUT2D eigenvalue weighted by atomic mass is 11.1. The fraction of sp³-hybridized carbons (Fsp3) is 1.00. The van der Waals surface area contributed by atoms with Crippen LogP contribution in [-0.2, 0) is 10.3 Å². The van der Waals surface area contributed by atoms with Crippen LogP contribution in [-0.4, -0.2) is 30.6 Å². The minimum atomic E-state index is -5.15. The molecule has 10 heavy (non-hydrogen) atoms. The third-order valence-electron chi connectivity index (χ3n) is 0.703. The zero-order valence-electron chi connectivity index (χ0n) is 4.75. The van der Waals surface area contributed by atoms with Crippen molar-refractivity contribution in [2.45, 2.75) is 6.30 Å². The molecule has 0 amide bonds. The number of halogens is 3. The largest absolute Gasteiger partial charge is 0.474 e. The quantitative estimate of drug-likeness (QED) is 0.463. The van der Waals surface area contributed by atoms with Gasteiger partial charge in [0.1, 0.15) is 0 Å². The molecule has 0 saturated carbocycles. The van der Waals surface area contributed by atoms with Crippen LogP contribution >= 0.6 is 0 Å². The normalized spacial score (nSPS) is 14.2. The molecule has 8 heteroatoms. The SMILES string of the molecule is CN(C(F)(F)F)S(=O)(=O)O. The zero-order chi connectivity index (χ0) is 8.58. The monoisotopic (exact) mass is 179 g/mol. The molecule has 0 aliphatic heterocycles. The van der Waals surface area contributed by atoms with Gasteiger partial charge in [-0.3, -0.25) is 4.55 Å². The molecule has 0 rings (SSSR count). The summed E-state index contributed by atoms with van der Waals surface area (Å²) in [5.41, 5.74) is 0. The summed E-state index contributed by atoms with van der Waals surface area (Å²) in [4.78, 5) is 0. The first kappa shape index (κ1) is 9.66. The lowest BCUT2D eigenvalue weighted by Crippen LogP contribution is -2.38. The number of alkyl halides is 3. The minimum absolute atomic E-state index is 0.204. The molecule has 4 nitrogen and oxygen atoms in total. The van der Waals surface area contributed by atoms with Crippen molar-refractivity contribution in [2.24, 2.45) is 0 Å². The van der Waals surface area contributed by atoms with E-state index >= 15 is 0 Å². The predicted octanol–water partition coefficient (Wildman–Crippen LogP) is 0.241. The number of hydrogen-bond donors (Lipinski definition) is 1. The molecule has 62 valence electrons. The lowest BCUT2D eigenvalue weighted by Gasteiger charge is -2.14. The maximum Gasteiger partial charge on any atom is 0.474 e. The highest BCUT2D eigenvalue weighted by atomic mass is 32.2. The number of nitrogens with zero attached hydrogens (tertiary/aromatic N) is 1. The number of hydrogen-bond acceptors (Lipinski definition) is 2. The summed E-state index contributed by atoms with van der Waals surface area (Å²) in [7, 11) is -4.95. The maximum atomic E-state index is 11.3. The minimum Gasteiger partial charge on any atom is -0.273 e. The van der Waals surface area contributed by atoms with Crippen LogP contribution in [0.4, 0.5) is 13.2 Å². The van der Waals surface area contributed by atoms with E-state index in [1.54, 1.807) is 0 Å². The van der Waals surface area contributed by atoms with Gasteiger partial charge in [0.2, 0.25) is 0 Å². The Bertz CT molecular complexity index is 206. The smallest absolute Gasteiger partial charge is 0.273 e. The van der Waals surface area contributed by atoms with Gasteiger partial charge >= 0.3 is 16.6 Å². The van der Waals surface area contributed by atoms with Gasteiger partial charge in [-0.15, -0.1) is 0 Å². The average Bonchev–Trinajstić information content (AvgIpc) is 1.59. The van der Waals surface area contributed by atoms with Gasteiger partial charge in [-0.2, -0.15) is 21.6 Å². The van der Waals surface area contributed by atoms with Crippen molar-refractivity contribution in [3.05, 3.63) is 0 Å². The van der Waals surface area contributed by atoms with Gasteiger partial charge < -0.3 is 0 Å². The van der Waals surface area contributed by atoms with Gasteiger partial charge in [0.15, 0.2) is 0 Å². The van der Waals surface area contributed by atoms with E-state index < -0.39 is 20.9 Å². The van der Waals surface area contributed by atoms with Crippen LogP contribution in [0.5, 0.6) is 0 Å². The third kappa shape index (κ3) is 2.50.